The highest BCUT2D eigenvalue weighted by molar-refractivity contribution is 5.88. The Morgan fingerprint density at radius 2 is 2.26 bits per heavy atom. The average molecular weight is 371 g/mol. The van der Waals surface area contributed by atoms with Crippen molar-refractivity contribution in [2.75, 3.05) is 38.7 Å². The quantitative estimate of drug-likeness (QED) is 0.543. The topological polar surface area (TPSA) is 71.4 Å². The number of likely N-dealkylation sites (tertiary alicyclic amines) is 1. The van der Waals surface area contributed by atoms with Gasteiger partial charge in [0.1, 0.15) is 0 Å². The Bertz CT molecular complexity index is 693. The highest BCUT2D eigenvalue weighted by Gasteiger charge is 2.20. The normalized spacial score (nSPS) is 16.4. The molecule has 0 radical (unpaired) electrons. The van der Waals surface area contributed by atoms with E-state index in [1.165, 1.54) is 5.57 Å². The van der Waals surface area contributed by atoms with Crippen LogP contribution in [0.3, 0.4) is 0 Å². The van der Waals surface area contributed by atoms with Crippen molar-refractivity contribution in [1.82, 2.24) is 20.0 Å². The van der Waals surface area contributed by atoms with E-state index in [1.54, 1.807) is 23.9 Å². The van der Waals surface area contributed by atoms with Crippen LogP contribution in [0.1, 0.15) is 19.8 Å². The number of ether oxygens (including phenoxy) is 1. The molecule has 0 aliphatic carbocycles. The van der Waals surface area contributed by atoms with Crippen LogP contribution < -0.4 is 10.6 Å². The molecular weight excluding hydrogens is 342 g/mol. The molecule has 1 aliphatic heterocycles. The number of amides is 2. The average Bonchev–Trinajstić information content (AvgIpc) is 3.09. The van der Waals surface area contributed by atoms with Crippen LogP contribution in [0.25, 0.3) is 0 Å². The second-order valence-electron chi connectivity index (χ2n) is 6.64. The summed E-state index contributed by atoms with van der Waals surface area (Å²) < 4.78 is 6.76. The standard InChI is InChI=1S/C20H29N5O2/c1-4-5-6-7-17(2)16-24-11-8-18(9-12-24)21-20(26)22-19-10-13-25(23-19)14-15-27-3/h1,5-7,10,13,18H,8-9,11-12,14-16H2,2-3H3,(H2,21,22,23,26)/b6-5-,17-7+. The molecule has 7 heteroatoms. The van der Waals surface area contributed by atoms with Crippen molar-refractivity contribution in [3.8, 4) is 12.3 Å². The molecule has 7 nitrogen and oxygen atoms in total. The first-order valence-corrected chi connectivity index (χ1v) is 9.21. The Labute approximate surface area is 161 Å². The number of nitrogens with zero attached hydrogens (tertiary/aromatic N) is 3. The number of aromatic nitrogens is 2. The molecule has 0 atom stereocenters. The number of carbonyl (C=O) groups excluding carboxylic acids is 1. The van der Waals surface area contributed by atoms with Crippen molar-refractivity contribution in [1.29, 1.82) is 0 Å². The van der Waals surface area contributed by atoms with Gasteiger partial charge in [-0.25, -0.2) is 4.79 Å². The molecule has 1 aromatic heterocycles. The molecule has 2 N–H and O–H groups in total. The fourth-order valence-electron chi connectivity index (χ4n) is 2.98. The smallest absolute Gasteiger partial charge is 0.320 e. The lowest BCUT2D eigenvalue weighted by Gasteiger charge is -2.32. The number of piperidine rings is 1. The number of allylic oxidation sites excluding steroid dienone is 3. The predicted molar refractivity (Wildman–Crippen MR) is 107 cm³/mol. The number of anilines is 1. The summed E-state index contributed by atoms with van der Waals surface area (Å²) in [5.74, 6) is 3.03. The molecule has 2 rings (SSSR count). The molecule has 0 unspecified atom stereocenters. The van der Waals surface area contributed by atoms with Crippen molar-refractivity contribution >= 4 is 11.8 Å². The minimum Gasteiger partial charge on any atom is -0.383 e. The summed E-state index contributed by atoms with van der Waals surface area (Å²) in [5.41, 5.74) is 1.27. The van der Waals surface area contributed by atoms with Gasteiger partial charge in [0, 0.05) is 45.0 Å². The van der Waals surface area contributed by atoms with Gasteiger partial charge in [-0.15, -0.1) is 6.42 Å². The minimum absolute atomic E-state index is 0.183. The fraction of sp³-hybridized carbons (Fsp3) is 0.500. The number of hydrogen-bond donors (Lipinski definition) is 2. The number of carbonyl (C=O) groups is 1. The highest BCUT2D eigenvalue weighted by Crippen LogP contribution is 2.12. The van der Waals surface area contributed by atoms with Crippen LogP contribution in [0.2, 0.25) is 0 Å². The Hall–Kier alpha value is -2.56. The van der Waals surface area contributed by atoms with Crippen LogP contribution in [-0.2, 0) is 11.3 Å². The Kier molecular flexibility index (Phi) is 8.62. The molecule has 1 fully saturated rings. The fourth-order valence-corrected chi connectivity index (χ4v) is 2.98. The van der Waals surface area contributed by atoms with Crippen LogP contribution in [0.4, 0.5) is 10.6 Å². The maximum atomic E-state index is 12.2. The molecule has 2 heterocycles. The van der Waals surface area contributed by atoms with Crippen LogP contribution >= 0.6 is 0 Å². The number of nitrogens with one attached hydrogen (secondary N) is 2. The molecule has 0 saturated carbocycles. The summed E-state index contributed by atoms with van der Waals surface area (Å²) in [5, 5.41) is 10.1. The molecule has 27 heavy (non-hydrogen) atoms. The van der Waals surface area contributed by atoms with Gasteiger partial charge in [0.25, 0.3) is 0 Å². The van der Waals surface area contributed by atoms with E-state index < -0.39 is 0 Å². The van der Waals surface area contributed by atoms with Crippen molar-refractivity contribution in [2.45, 2.75) is 32.4 Å². The molecule has 1 aromatic rings. The van der Waals surface area contributed by atoms with Crippen molar-refractivity contribution < 1.29 is 9.53 Å². The molecule has 1 saturated heterocycles. The molecule has 2 amide bonds. The molecule has 0 spiro atoms. The SMILES string of the molecule is C#C/C=C\C=C(/C)CN1CCC(NC(=O)Nc2ccn(CCOC)n2)CC1. The molecular formula is C20H29N5O2. The summed E-state index contributed by atoms with van der Waals surface area (Å²) in [6.07, 6.45) is 14.5. The maximum absolute atomic E-state index is 12.2. The number of hydrogen-bond acceptors (Lipinski definition) is 4. The van der Waals surface area contributed by atoms with Crippen LogP contribution in [-0.4, -0.2) is 60.1 Å². The number of terminal acetylenes is 1. The predicted octanol–water partition coefficient (Wildman–Crippen LogP) is 2.25. The zero-order chi connectivity index (χ0) is 19.5. The van der Waals surface area contributed by atoms with E-state index in [2.05, 4.69) is 33.5 Å². The van der Waals surface area contributed by atoms with Gasteiger partial charge in [-0.05, 0) is 25.8 Å². The van der Waals surface area contributed by atoms with Gasteiger partial charge in [-0.1, -0.05) is 23.6 Å². The van der Waals surface area contributed by atoms with Crippen LogP contribution in [0, 0.1) is 12.3 Å². The lowest BCUT2D eigenvalue weighted by atomic mass is 10.0. The van der Waals surface area contributed by atoms with E-state index in [0.717, 1.165) is 32.5 Å². The van der Waals surface area contributed by atoms with E-state index in [1.807, 2.05) is 18.3 Å². The summed E-state index contributed by atoms with van der Waals surface area (Å²) in [6.45, 7) is 6.18. The zero-order valence-electron chi connectivity index (χ0n) is 16.1. The van der Waals surface area contributed by atoms with Gasteiger partial charge in [0.2, 0.25) is 0 Å². The largest absolute Gasteiger partial charge is 0.383 e. The van der Waals surface area contributed by atoms with Crippen molar-refractivity contribution in [3.63, 3.8) is 0 Å². The van der Waals surface area contributed by atoms with E-state index in [4.69, 9.17) is 11.2 Å². The van der Waals surface area contributed by atoms with Gasteiger partial charge in [-0.2, -0.15) is 5.10 Å². The molecule has 1 aliphatic rings. The molecule has 146 valence electrons. The second kappa shape index (κ2) is 11.2. The van der Waals surface area contributed by atoms with E-state index >= 15 is 0 Å². The lowest BCUT2D eigenvalue weighted by Crippen LogP contribution is -2.46. The lowest BCUT2D eigenvalue weighted by molar-refractivity contribution is 0.183. The highest BCUT2D eigenvalue weighted by atomic mass is 16.5. The van der Waals surface area contributed by atoms with E-state index in [9.17, 15) is 4.79 Å². The van der Waals surface area contributed by atoms with E-state index in [-0.39, 0.29) is 12.1 Å². The summed E-state index contributed by atoms with van der Waals surface area (Å²) >= 11 is 0. The van der Waals surface area contributed by atoms with Crippen molar-refractivity contribution in [2.24, 2.45) is 0 Å². The molecule has 0 aromatic carbocycles. The van der Waals surface area contributed by atoms with Gasteiger partial charge in [0.05, 0.1) is 13.2 Å². The summed E-state index contributed by atoms with van der Waals surface area (Å²) in [4.78, 5) is 14.6. The first-order valence-electron chi connectivity index (χ1n) is 9.21. The third-order valence-electron chi connectivity index (χ3n) is 4.38. The molecule has 0 bridgehead atoms. The van der Waals surface area contributed by atoms with Crippen LogP contribution in [0.15, 0.2) is 36.1 Å². The van der Waals surface area contributed by atoms with Crippen LogP contribution in [0.5, 0.6) is 0 Å². The van der Waals surface area contributed by atoms with Gasteiger partial charge in [0.15, 0.2) is 5.82 Å². The Balaban J connectivity index is 1.69. The summed E-state index contributed by atoms with van der Waals surface area (Å²) in [7, 11) is 1.65. The maximum Gasteiger partial charge on any atom is 0.320 e. The Morgan fingerprint density at radius 3 is 2.96 bits per heavy atom. The summed E-state index contributed by atoms with van der Waals surface area (Å²) in [6, 6.07) is 1.75. The first-order chi connectivity index (χ1) is 13.1. The first kappa shape index (κ1) is 20.7. The van der Waals surface area contributed by atoms with Gasteiger partial charge < -0.3 is 10.1 Å². The number of methoxy groups -OCH3 is 1. The number of rotatable bonds is 8. The second-order valence-corrected chi connectivity index (χ2v) is 6.64. The third-order valence-corrected chi connectivity index (χ3v) is 4.38. The number of urea groups is 1. The van der Waals surface area contributed by atoms with Gasteiger partial charge in [-0.3, -0.25) is 14.9 Å². The van der Waals surface area contributed by atoms with E-state index in [0.29, 0.717) is 19.0 Å². The minimum atomic E-state index is -0.207. The monoisotopic (exact) mass is 371 g/mol. The zero-order valence-corrected chi connectivity index (χ0v) is 16.1. The third kappa shape index (κ3) is 7.69. The van der Waals surface area contributed by atoms with Gasteiger partial charge >= 0.3 is 6.03 Å². The Morgan fingerprint density at radius 1 is 1.48 bits per heavy atom. The van der Waals surface area contributed by atoms with Crippen molar-refractivity contribution in [3.05, 3.63) is 36.1 Å².